The van der Waals surface area contributed by atoms with Gasteiger partial charge in [0.2, 0.25) is 10.0 Å². The van der Waals surface area contributed by atoms with Crippen molar-refractivity contribution in [1.29, 1.82) is 0 Å². The Kier molecular flexibility index (Phi) is 3.89. The molecule has 100 valence electrons. The molecule has 2 rings (SSSR count). The van der Waals surface area contributed by atoms with E-state index < -0.39 is 10.0 Å². The SMILES string of the molecule is O=S(=O)(c1cccc(O)c1)N1CCCC(CO)C1. The van der Waals surface area contributed by atoms with E-state index in [1.165, 1.54) is 28.6 Å². The molecule has 1 aromatic carbocycles. The van der Waals surface area contributed by atoms with Crippen LogP contribution in [0.2, 0.25) is 0 Å². The average molecular weight is 271 g/mol. The first kappa shape index (κ1) is 13.3. The van der Waals surface area contributed by atoms with Crippen molar-refractivity contribution in [2.75, 3.05) is 19.7 Å². The Morgan fingerprint density at radius 1 is 1.39 bits per heavy atom. The van der Waals surface area contributed by atoms with Crippen molar-refractivity contribution >= 4 is 10.0 Å². The third-order valence-electron chi connectivity index (χ3n) is 3.20. The molecule has 1 atom stereocenters. The molecule has 1 heterocycles. The van der Waals surface area contributed by atoms with E-state index in [1.807, 2.05) is 0 Å². The van der Waals surface area contributed by atoms with Crippen molar-refractivity contribution in [2.45, 2.75) is 17.7 Å². The number of rotatable bonds is 3. The summed E-state index contributed by atoms with van der Waals surface area (Å²) in [7, 11) is -3.57. The Bertz CT molecular complexity index is 515. The predicted molar refractivity (Wildman–Crippen MR) is 66.7 cm³/mol. The molecule has 0 radical (unpaired) electrons. The second-order valence-electron chi connectivity index (χ2n) is 4.55. The minimum Gasteiger partial charge on any atom is -0.508 e. The van der Waals surface area contributed by atoms with Crippen LogP contribution >= 0.6 is 0 Å². The standard InChI is InChI=1S/C12H17NO4S/c14-9-10-3-2-6-13(8-10)18(16,17)12-5-1-4-11(15)7-12/h1,4-5,7,10,14-15H,2-3,6,8-9H2. The summed E-state index contributed by atoms with van der Waals surface area (Å²) >= 11 is 0. The number of sulfonamides is 1. The number of aliphatic hydroxyl groups excluding tert-OH is 1. The van der Waals surface area contributed by atoms with Crippen LogP contribution in [0, 0.1) is 5.92 Å². The molecule has 18 heavy (non-hydrogen) atoms. The second kappa shape index (κ2) is 5.26. The lowest BCUT2D eigenvalue weighted by molar-refractivity contribution is 0.165. The zero-order valence-electron chi connectivity index (χ0n) is 9.99. The first-order valence-electron chi connectivity index (χ1n) is 5.94. The van der Waals surface area contributed by atoms with Gasteiger partial charge in [-0.2, -0.15) is 4.31 Å². The first-order chi connectivity index (χ1) is 8.54. The fourth-order valence-corrected chi connectivity index (χ4v) is 3.78. The van der Waals surface area contributed by atoms with Gasteiger partial charge in [0.15, 0.2) is 0 Å². The van der Waals surface area contributed by atoms with Crippen LogP contribution in [0.1, 0.15) is 12.8 Å². The lowest BCUT2D eigenvalue weighted by Gasteiger charge is -2.30. The molecule has 0 aromatic heterocycles. The average Bonchev–Trinajstić information content (AvgIpc) is 2.39. The fourth-order valence-electron chi connectivity index (χ4n) is 2.19. The molecule has 6 heteroatoms. The first-order valence-corrected chi connectivity index (χ1v) is 7.38. The molecule has 1 aromatic rings. The summed E-state index contributed by atoms with van der Waals surface area (Å²) in [6.07, 6.45) is 1.60. The van der Waals surface area contributed by atoms with Crippen LogP contribution in [0.3, 0.4) is 0 Å². The van der Waals surface area contributed by atoms with E-state index in [1.54, 1.807) is 0 Å². The molecule has 0 aliphatic carbocycles. The van der Waals surface area contributed by atoms with Crippen LogP contribution in [0.4, 0.5) is 0 Å². The highest BCUT2D eigenvalue weighted by atomic mass is 32.2. The van der Waals surface area contributed by atoms with E-state index in [-0.39, 0.29) is 23.2 Å². The molecule has 1 unspecified atom stereocenters. The van der Waals surface area contributed by atoms with Crippen LogP contribution < -0.4 is 0 Å². The number of hydrogen-bond donors (Lipinski definition) is 2. The van der Waals surface area contributed by atoms with Crippen molar-refractivity contribution < 1.29 is 18.6 Å². The van der Waals surface area contributed by atoms with Crippen LogP contribution in [-0.4, -0.2) is 42.6 Å². The van der Waals surface area contributed by atoms with Gasteiger partial charge < -0.3 is 10.2 Å². The van der Waals surface area contributed by atoms with E-state index in [2.05, 4.69) is 0 Å². The number of nitrogens with zero attached hydrogens (tertiary/aromatic N) is 1. The molecule has 0 amide bonds. The number of piperidine rings is 1. The molecular weight excluding hydrogens is 254 g/mol. The van der Waals surface area contributed by atoms with Gasteiger partial charge in [0.1, 0.15) is 5.75 Å². The molecule has 0 spiro atoms. The normalized spacial score (nSPS) is 21.9. The number of phenols is 1. The summed E-state index contributed by atoms with van der Waals surface area (Å²) in [5.74, 6) is -0.0578. The van der Waals surface area contributed by atoms with Gasteiger partial charge in [-0.05, 0) is 37.0 Å². The summed E-state index contributed by atoms with van der Waals surface area (Å²) in [6, 6.07) is 5.66. The lowest BCUT2D eigenvalue weighted by Crippen LogP contribution is -2.40. The third-order valence-corrected chi connectivity index (χ3v) is 5.06. The van der Waals surface area contributed by atoms with Crippen molar-refractivity contribution in [3.8, 4) is 5.75 Å². The van der Waals surface area contributed by atoms with Gasteiger partial charge in [-0.3, -0.25) is 0 Å². The van der Waals surface area contributed by atoms with E-state index in [9.17, 15) is 13.5 Å². The molecule has 1 saturated heterocycles. The van der Waals surface area contributed by atoms with Gasteiger partial charge in [-0.15, -0.1) is 0 Å². The van der Waals surface area contributed by atoms with Gasteiger partial charge >= 0.3 is 0 Å². The number of aliphatic hydroxyl groups is 1. The number of hydrogen-bond acceptors (Lipinski definition) is 4. The molecular formula is C12H17NO4S. The lowest BCUT2D eigenvalue weighted by atomic mass is 10.0. The summed E-state index contributed by atoms with van der Waals surface area (Å²) in [4.78, 5) is 0.0982. The summed E-state index contributed by atoms with van der Waals surface area (Å²) in [6.45, 7) is 0.815. The summed E-state index contributed by atoms with van der Waals surface area (Å²) in [5.41, 5.74) is 0. The van der Waals surface area contributed by atoms with Gasteiger partial charge in [0.05, 0.1) is 4.90 Å². The van der Waals surface area contributed by atoms with Crippen molar-refractivity contribution in [1.82, 2.24) is 4.31 Å². The van der Waals surface area contributed by atoms with Crippen LogP contribution in [0.5, 0.6) is 5.75 Å². The van der Waals surface area contributed by atoms with Gasteiger partial charge in [0, 0.05) is 19.7 Å². The van der Waals surface area contributed by atoms with Gasteiger partial charge in [-0.1, -0.05) is 6.07 Å². The number of phenolic OH excluding ortho intramolecular Hbond substituents is 1. The predicted octanol–water partition coefficient (Wildman–Crippen LogP) is 0.785. The van der Waals surface area contributed by atoms with E-state index in [4.69, 9.17) is 5.11 Å². The van der Waals surface area contributed by atoms with E-state index >= 15 is 0 Å². The Hall–Kier alpha value is -1.11. The molecule has 2 N–H and O–H groups in total. The highest BCUT2D eigenvalue weighted by Crippen LogP contribution is 2.25. The maximum atomic E-state index is 12.3. The highest BCUT2D eigenvalue weighted by Gasteiger charge is 2.29. The highest BCUT2D eigenvalue weighted by molar-refractivity contribution is 7.89. The van der Waals surface area contributed by atoms with Crippen LogP contribution in [0.15, 0.2) is 29.2 Å². The number of benzene rings is 1. The second-order valence-corrected chi connectivity index (χ2v) is 6.49. The van der Waals surface area contributed by atoms with Crippen molar-refractivity contribution in [2.24, 2.45) is 5.92 Å². The Labute approximate surface area is 107 Å². The minimum absolute atomic E-state index is 0.00540. The van der Waals surface area contributed by atoms with Gasteiger partial charge in [-0.25, -0.2) is 8.42 Å². The van der Waals surface area contributed by atoms with Crippen LogP contribution in [-0.2, 0) is 10.0 Å². The summed E-state index contributed by atoms with van der Waals surface area (Å²) < 4.78 is 26.0. The molecule has 5 nitrogen and oxygen atoms in total. The molecule has 1 aliphatic heterocycles. The summed E-state index contributed by atoms with van der Waals surface area (Å²) in [5, 5.41) is 18.5. The van der Waals surface area contributed by atoms with E-state index in [0.29, 0.717) is 13.1 Å². The third kappa shape index (κ3) is 2.66. The largest absolute Gasteiger partial charge is 0.508 e. The van der Waals surface area contributed by atoms with Crippen molar-refractivity contribution in [3.05, 3.63) is 24.3 Å². The Morgan fingerprint density at radius 3 is 2.83 bits per heavy atom. The quantitative estimate of drug-likeness (QED) is 0.852. The van der Waals surface area contributed by atoms with Crippen LogP contribution in [0.25, 0.3) is 0 Å². The Balaban J connectivity index is 2.25. The zero-order valence-corrected chi connectivity index (χ0v) is 10.8. The minimum atomic E-state index is -3.57. The zero-order chi connectivity index (χ0) is 13.2. The van der Waals surface area contributed by atoms with Crippen molar-refractivity contribution in [3.63, 3.8) is 0 Å². The fraction of sp³-hybridized carbons (Fsp3) is 0.500. The Morgan fingerprint density at radius 2 is 2.17 bits per heavy atom. The monoisotopic (exact) mass is 271 g/mol. The molecule has 0 saturated carbocycles. The topological polar surface area (TPSA) is 77.8 Å². The molecule has 1 aliphatic rings. The molecule has 1 fully saturated rings. The maximum absolute atomic E-state index is 12.3. The van der Waals surface area contributed by atoms with Gasteiger partial charge in [0.25, 0.3) is 0 Å². The van der Waals surface area contributed by atoms with E-state index in [0.717, 1.165) is 12.8 Å². The smallest absolute Gasteiger partial charge is 0.243 e. The number of aromatic hydroxyl groups is 1. The molecule has 0 bridgehead atoms. The maximum Gasteiger partial charge on any atom is 0.243 e.